The average molecular weight is 242 g/mol. The molecule has 2 rings (SSSR count). The number of thiazole rings is 1. The van der Waals surface area contributed by atoms with E-state index in [0.717, 1.165) is 5.75 Å². The summed E-state index contributed by atoms with van der Waals surface area (Å²) in [5.41, 5.74) is 0.498. The molecule has 0 spiro atoms. The molecule has 15 heavy (non-hydrogen) atoms. The van der Waals surface area contributed by atoms with Crippen LogP contribution in [0.25, 0.3) is 0 Å². The lowest BCUT2D eigenvalue weighted by atomic mass is 9.80. The molecule has 4 heteroatoms. The molecule has 1 fully saturated rings. The summed E-state index contributed by atoms with van der Waals surface area (Å²) >= 11 is 3.80. The van der Waals surface area contributed by atoms with Crippen molar-refractivity contribution in [3.05, 3.63) is 16.6 Å². The quantitative estimate of drug-likeness (QED) is 0.863. The van der Waals surface area contributed by atoms with Gasteiger partial charge in [0.05, 0.1) is 5.54 Å². The zero-order valence-electron chi connectivity index (χ0n) is 9.54. The van der Waals surface area contributed by atoms with E-state index in [1.54, 1.807) is 11.3 Å². The fourth-order valence-electron chi connectivity index (χ4n) is 2.29. The first-order valence-corrected chi connectivity index (χ1v) is 7.28. The molecule has 0 aromatic carbocycles. The van der Waals surface area contributed by atoms with Gasteiger partial charge in [-0.3, -0.25) is 0 Å². The molecule has 1 saturated heterocycles. The Balaban J connectivity index is 2.29. The van der Waals surface area contributed by atoms with Crippen LogP contribution in [0.5, 0.6) is 0 Å². The molecule has 1 N–H and O–H groups in total. The topological polar surface area (TPSA) is 24.9 Å². The van der Waals surface area contributed by atoms with Crippen molar-refractivity contribution in [2.45, 2.75) is 25.8 Å². The van der Waals surface area contributed by atoms with E-state index in [1.807, 2.05) is 18.0 Å². The smallest absolute Gasteiger partial charge is 0.113 e. The highest BCUT2D eigenvalue weighted by molar-refractivity contribution is 7.99. The summed E-state index contributed by atoms with van der Waals surface area (Å²) in [7, 11) is 2.06. The fraction of sp³-hybridized carbons (Fsp3) is 0.727. The van der Waals surface area contributed by atoms with Crippen LogP contribution in [0.15, 0.2) is 11.6 Å². The van der Waals surface area contributed by atoms with Crippen LogP contribution in [0.4, 0.5) is 0 Å². The Morgan fingerprint density at radius 3 is 2.73 bits per heavy atom. The van der Waals surface area contributed by atoms with Crippen molar-refractivity contribution in [2.75, 3.05) is 18.6 Å². The summed E-state index contributed by atoms with van der Waals surface area (Å²) in [6.45, 7) is 4.69. The summed E-state index contributed by atoms with van der Waals surface area (Å²) in [6.07, 6.45) is 3.09. The molecule has 1 atom stereocenters. The first-order valence-electron chi connectivity index (χ1n) is 5.25. The minimum Gasteiger partial charge on any atom is -0.308 e. The van der Waals surface area contributed by atoms with Gasteiger partial charge in [-0.2, -0.15) is 11.8 Å². The third-order valence-corrected chi connectivity index (χ3v) is 5.60. The van der Waals surface area contributed by atoms with E-state index in [1.165, 1.54) is 17.2 Å². The van der Waals surface area contributed by atoms with Crippen molar-refractivity contribution in [3.8, 4) is 0 Å². The van der Waals surface area contributed by atoms with E-state index in [2.05, 4.69) is 36.6 Å². The second-order valence-corrected chi connectivity index (χ2v) is 6.88. The van der Waals surface area contributed by atoms with Crippen LogP contribution < -0.4 is 5.32 Å². The van der Waals surface area contributed by atoms with E-state index < -0.39 is 0 Å². The lowest BCUT2D eigenvalue weighted by Gasteiger charge is -2.43. The number of hydrogen-bond donors (Lipinski definition) is 1. The maximum absolute atomic E-state index is 4.49. The molecule has 84 valence electrons. The van der Waals surface area contributed by atoms with Crippen LogP contribution in [0.1, 0.15) is 25.3 Å². The number of aromatic nitrogens is 1. The Morgan fingerprint density at radius 1 is 1.40 bits per heavy atom. The summed E-state index contributed by atoms with van der Waals surface area (Å²) in [6, 6.07) is 0. The summed E-state index contributed by atoms with van der Waals surface area (Å²) in [4.78, 5) is 4.49. The zero-order valence-corrected chi connectivity index (χ0v) is 11.2. The predicted octanol–water partition coefficient (Wildman–Crippen LogP) is 2.72. The molecule has 1 unspecified atom stereocenters. The predicted molar refractivity (Wildman–Crippen MR) is 68.6 cm³/mol. The Morgan fingerprint density at radius 2 is 2.20 bits per heavy atom. The summed E-state index contributed by atoms with van der Waals surface area (Å²) in [5, 5.41) is 6.81. The Bertz CT molecular complexity index is 321. The van der Waals surface area contributed by atoms with Gasteiger partial charge in [-0.15, -0.1) is 11.3 Å². The fourth-order valence-corrected chi connectivity index (χ4v) is 4.71. The van der Waals surface area contributed by atoms with E-state index in [0.29, 0.717) is 5.41 Å². The van der Waals surface area contributed by atoms with E-state index in [-0.39, 0.29) is 5.54 Å². The minimum atomic E-state index is 0.0978. The third kappa shape index (κ3) is 2.22. The minimum absolute atomic E-state index is 0.0978. The van der Waals surface area contributed by atoms with Crippen LogP contribution in [0, 0.1) is 5.41 Å². The molecule has 1 aromatic rings. The molecule has 0 saturated carbocycles. The van der Waals surface area contributed by atoms with Gasteiger partial charge in [0.25, 0.3) is 0 Å². The highest BCUT2D eigenvalue weighted by Gasteiger charge is 2.42. The van der Waals surface area contributed by atoms with Gasteiger partial charge in [-0.05, 0) is 24.6 Å². The first-order chi connectivity index (χ1) is 7.08. The largest absolute Gasteiger partial charge is 0.308 e. The highest BCUT2D eigenvalue weighted by atomic mass is 32.2. The Kier molecular flexibility index (Phi) is 3.10. The Hall–Kier alpha value is -0.0600. The molecule has 2 nitrogen and oxygen atoms in total. The molecule has 0 bridgehead atoms. The second-order valence-electron chi connectivity index (χ2n) is 5.00. The van der Waals surface area contributed by atoms with Crippen molar-refractivity contribution in [3.63, 3.8) is 0 Å². The van der Waals surface area contributed by atoms with Crippen molar-refractivity contribution >= 4 is 23.1 Å². The number of rotatable bonds is 2. The van der Waals surface area contributed by atoms with Crippen LogP contribution >= 0.6 is 23.1 Å². The molecule has 2 heterocycles. The maximum Gasteiger partial charge on any atom is 0.113 e. The van der Waals surface area contributed by atoms with Gasteiger partial charge in [-0.1, -0.05) is 13.8 Å². The van der Waals surface area contributed by atoms with E-state index >= 15 is 0 Å². The van der Waals surface area contributed by atoms with Crippen LogP contribution in [0.2, 0.25) is 0 Å². The van der Waals surface area contributed by atoms with Gasteiger partial charge >= 0.3 is 0 Å². The van der Waals surface area contributed by atoms with Gasteiger partial charge in [0.1, 0.15) is 5.01 Å². The number of nitrogens with zero attached hydrogens (tertiary/aromatic N) is 1. The SMILES string of the molecule is CNC1(c2nccs2)CSCC(C)(C)C1. The summed E-state index contributed by atoms with van der Waals surface area (Å²) in [5.74, 6) is 2.39. The molecule has 0 amide bonds. The molecule has 0 radical (unpaired) electrons. The molecule has 1 aliphatic heterocycles. The second kappa shape index (κ2) is 4.07. The van der Waals surface area contributed by atoms with Crippen molar-refractivity contribution in [1.82, 2.24) is 10.3 Å². The highest BCUT2D eigenvalue weighted by Crippen LogP contribution is 2.44. The van der Waals surface area contributed by atoms with Gasteiger partial charge in [0, 0.05) is 17.3 Å². The Labute approximate surface area is 99.9 Å². The normalized spacial score (nSPS) is 30.3. The van der Waals surface area contributed by atoms with Gasteiger partial charge in [0.15, 0.2) is 0 Å². The monoisotopic (exact) mass is 242 g/mol. The molecular weight excluding hydrogens is 224 g/mol. The van der Waals surface area contributed by atoms with Gasteiger partial charge in [0.2, 0.25) is 0 Å². The van der Waals surface area contributed by atoms with Crippen LogP contribution in [-0.4, -0.2) is 23.5 Å². The lowest BCUT2D eigenvalue weighted by Crippen LogP contribution is -2.49. The number of thioether (sulfide) groups is 1. The number of nitrogens with one attached hydrogen (secondary N) is 1. The molecule has 0 aliphatic carbocycles. The van der Waals surface area contributed by atoms with Crippen molar-refractivity contribution < 1.29 is 0 Å². The van der Waals surface area contributed by atoms with Crippen molar-refractivity contribution in [1.29, 1.82) is 0 Å². The standard InChI is InChI=1S/C11H18N2S2/c1-10(2)6-11(12-3,8-14-7-10)9-13-4-5-15-9/h4-5,12H,6-8H2,1-3H3. The summed E-state index contributed by atoms with van der Waals surface area (Å²) < 4.78 is 0. The van der Waals surface area contributed by atoms with Crippen LogP contribution in [0.3, 0.4) is 0 Å². The average Bonchev–Trinajstić information content (AvgIpc) is 2.69. The third-order valence-electron chi connectivity index (χ3n) is 2.94. The maximum atomic E-state index is 4.49. The van der Waals surface area contributed by atoms with E-state index in [9.17, 15) is 0 Å². The first kappa shape index (κ1) is 11.4. The number of hydrogen-bond acceptors (Lipinski definition) is 4. The lowest BCUT2D eigenvalue weighted by molar-refractivity contribution is 0.236. The molecule has 1 aliphatic rings. The van der Waals surface area contributed by atoms with Gasteiger partial charge < -0.3 is 5.32 Å². The van der Waals surface area contributed by atoms with Crippen molar-refractivity contribution in [2.24, 2.45) is 5.41 Å². The zero-order chi connectivity index (χ0) is 10.9. The molecule has 1 aromatic heterocycles. The molecular formula is C11H18N2S2. The van der Waals surface area contributed by atoms with Gasteiger partial charge in [-0.25, -0.2) is 4.98 Å². The van der Waals surface area contributed by atoms with E-state index in [4.69, 9.17) is 0 Å². The van der Waals surface area contributed by atoms with Crippen LogP contribution in [-0.2, 0) is 5.54 Å².